The van der Waals surface area contributed by atoms with Crippen molar-refractivity contribution in [2.45, 2.75) is 63.3 Å². The van der Waals surface area contributed by atoms with E-state index in [1.165, 1.54) is 0 Å². The van der Waals surface area contributed by atoms with Crippen LogP contribution in [0.15, 0.2) is 42.6 Å². The Morgan fingerprint density at radius 2 is 2.03 bits per heavy atom. The summed E-state index contributed by atoms with van der Waals surface area (Å²) in [5, 5.41) is 10.2. The molecule has 1 aromatic carbocycles. The SMILES string of the molecule is C#C[C@]1(CO[Si](C)(C)C(C)(C)C)O[C@@H](n2ccc3c(N)nc(Cl)nc32)C[C@H]1C(OC(=O)O)c1ccccc1. The van der Waals surface area contributed by atoms with Crippen LogP contribution in [0.5, 0.6) is 0 Å². The van der Waals surface area contributed by atoms with Gasteiger partial charge in [-0.3, -0.25) is 0 Å². The maximum Gasteiger partial charge on any atom is 0.506 e. The molecular weight excluding hydrogens is 524 g/mol. The van der Waals surface area contributed by atoms with Gasteiger partial charge in [0.1, 0.15) is 23.8 Å². The molecule has 3 aromatic rings. The first-order chi connectivity index (χ1) is 17.8. The number of aromatic nitrogens is 3. The highest BCUT2D eigenvalue weighted by Gasteiger charge is 2.55. The van der Waals surface area contributed by atoms with Crippen LogP contribution in [0.2, 0.25) is 23.4 Å². The molecule has 0 saturated carbocycles. The summed E-state index contributed by atoms with van der Waals surface area (Å²) in [4.78, 5) is 20.2. The number of halogens is 1. The van der Waals surface area contributed by atoms with E-state index in [0.29, 0.717) is 23.0 Å². The number of ether oxygens (including phenoxy) is 2. The average Bonchev–Trinajstić information content (AvgIpc) is 3.43. The monoisotopic (exact) mass is 556 g/mol. The molecule has 3 heterocycles. The van der Waals surface area contributed by atoms with Gasteiger partial charge in [0.25, 0.3) is 0 Å². The standard InChI is InChI=1S/C27H33ClN4O5Si/c1-7-27(16-35-38(5,6)26(2,3)4)19(21(36-25(33)34)17-11-9-8-10-12-17)15-20(37-27)32-14-13-18-22(29)30-24(28)31-23(18)32/h1,8-14,19-21H,15-16H2,2-6H3,(H,33,34)(H2,29,30,31)/t19-,20+,21?,27+/m0/s1. The fourth-order valence-corrected chi connectivity index (χ4v) is 5.73. The zero-order chi connectivity index (χ0) is 27.9. The fourth-order valence-electron chi connectivity index (χ4n) is 4.55. The number of anilines is 1. The molecule has 0 aliphatic carbocycles. The van der Waals surface area contributed by atoms with Crippen LogP contribution in [-0.2, 0) is 13.9 Å². The summed E-state index contributed by atoms with van der Waals surface area (Å²) in [6.07, 6.45) is 5.38. The third kappa shape index (κ3) is 5.24. The van der Waals surface area contributed by atoms with Crippen molar-refractivity contribution in [1.29, 1.82) is 0 Å². The normalized spacial score (nSPS) is 22.8. The summed E-state index contributed by atoms with van der Waals surface area (Å²) in [6, 6.07) is 10.9. The Hall–Kier alpha value is -3.10. The molecule has 3 N–H and O–H groups in total. The molecule has 1 aliphatic rings. The number of fused-ring (bicyclic) bond motifs is 1. The van der Waals surface area contributed by atoms with E-state index >= 15 is 0 Å². The number of nitrogens with two attached hydrogens (primary N) is 1. The highest BCUT2D eigenvalue weighted by Crippen LogP contribution is 2.50. The van der Waals surface area contributed by atoms with Gasteiger partial charge in [-0.2, -0.15) is 4.98 Å². The number of hydrogen-bond acceptors (Lipinski definition) is 7. The number of benzene rings is 1. The number of nitrogen functional groups attached to an aromatic ring is 1. The zero-order valence-electron chi connectivity index (χ0n) is 22.1. The number of rotatable bonds is 7. The Kier molecular flexibility index (Phi) is 7.51. The topological polar surface area (TPSA) is 122 Å². The third-order valence-corrected chi connectivity index (χ3v) is 12.4. The molecule has 1 saturated heterocycles. The Morgan fingerprint density at radius 1 is 1.34 bits per heavy atom. The Bertz CT molecular complexity index is 1370. The third-order valence-electron chi connectivity index (χ3n) is 7.70. The van der Waals surface area contributed by atoms with Gasteiger partial charge < -0.3 is 29.3 Å². The van der Waals surface area contributed by atoms with Crippen molar-refractivity contribution in [2.75, 3.05) is 12.3 Å². The van der Waals surface area contributed by atoms with Crippen molar-refractivity contribution < 1.29 is 23.8 Å². The molecule has 0 spiro atoms. The smallest absolute Gasteiger partial charge is 0.450 e. The summed E-state index contributed by atoms with van der Waals surface area (Å²) >= 11 is 6.11. The fraction of sp³-hybridized carbons (Fsp3) is 0.444. The minimum absolute atomic E-state index is 0.00495. The van der Waals surface area contributed by atoms with E-state index < -0.39 is 38.3 Å². The first-order valence-corrected chi connectivity index (χ1v) is 15.6. The predicted octanol–water partition coefficient (Wildman–Crippen LogP) is 6.03. The van der Waals surface area contributed by atoms with Crippen LogP contribution in [0.25, 0.3) is 11.0 Å². The molecular formula is C27H33ClN4O5Si. The lowest BCUT2D eigenvalue weighted by Gasteiger charge is -2.40. The lowest BCUT2D eigenvalue weighted by atomic mass is 9.81. The van der Waals surface area contributed by atoms with Crippen LogP contribution in [0.1, 0.15) is 45.1 Å². The van der Waals surface area contributed by atoms with Crippen molar-refractivity contribution in [2.24, 2.45) is 5.92 Å². The van der Waals surface area contributed by atoms with Crippen LogP contribution in [-0.4, -0.2) is 46.3 Å². The Morgan fingerprint density at radius 3 is 2.63 bits per heavy atom. The quantitative estimate of drug-likeness (QED) is 0.156. The molecule has 202 valence electrons. The summed E-state index contributed by atoms with van der Waals surface area (Å²) in [7, 11) is -2.25. The maximum absolute atomic E-state index is 11.9. The van der Waals surface area contributed by atoms with Crippen LogP contribution in [0.3, 0.4) is 0 Å². The van der Waals surface area contributed by atoms with E-state index in [0.717, 1.165) is 0 Å². The van der Waals surface area contributed by atoms with Gasteiger partial charge in [-0.05, 0) is 41.4 Å². The van der Waals surface area contributed by atoms with Gasteiger partial charge in [-0.25, -0.2) is 9.78 Å². The van der Waals surface area contributed by atoms with Crippen LogP contribution < -0.4 is 5.73 Å². The van der Waals surface area contributed by atoms with Gasteiger partial charge >= 0.3 is 6.16 Å². The highest BCUT2D eigenvalue weighted by atomic mass is 35.5. The molecule has 4 atom stereocenters. The minimum atomic E-state index is -2.25. The first-order valence-electron chi connectivity index (χ1n) is 12.3. The molecule has 9 nitrogen and oxygen atoms in total. The molecule has 2 aromatic heterocycles. The molecule has 0 radical (unpaired) electrons. The molecule has 38 heavy (non-hydrogen) atoms. The maximum atomic E-state index is 11.9. The second kappa shape index (κ2) is 10.2. The predicted molar refractivity (Wildman–Crippen MR) is 148 cm³/mol. The van der Waals surface area contributed by atoms with Crippen molar-refractivity contribution in [3.63, 3.8) is 0 Å². The van der Waals surface area contributed by atoms with Crippen molar-refractivity contribution >= 4 is 42.9 Å². The number of carbonyl (C=O) groups is 1. The zero-order valence-corrected chi connectivity index (χ0v) is 23.9. The van der Waals surface area contributed by atoms with Crippen LogP contribution in [0.4, 0.5) is 10.6 Å². The number of terminal acetylenes is 1. The van der Waals surface area contributed by atoms with Gasteiger partial charge in [0, 0.05) is 18.5 Å². The summed E-state index contributed by atoms with van der Waals surface area (Å²) in [5.41, 5.74) is 5.93. The van der Waals surface area contributed by atoms with Gasteiger partial charge in [0.15, 0.2) is 13.9 Å². The van der Waals surface area contributed by atoms with E-state index in [9.17, 15) is 9.90 Å². The lowest BCUT2D eigenvalue weighted by Crippen LogP contribution is -2.49. The highest BCUT2D eigenvalue weighted by molar-refractivity contribution is 6.74. The van der Waals surface area contributed by atoms with Gasteiger partial charge in [-0.15, -0.1) is 6.42 Å². The van der Waals surface area contributed by atoms with E-state index in [1.807, 2.05) is 30.3 Å². The molecule has 4 rings (SSSR count). The van der Waals surface area contributed by atoms with E-state index in [2.05, 4.69) is 49.8 Å². The van der Waals surface area contributed by atoms with E-state index in [1.54, 1.807) is 16.8 Å². The number of nitrogens with zero attached hydrogens (tertiary/aromatic N) is 3. The molecule has 0 bridgehead atoms. The van der Waals surface area contributed by atoms with E-state index in [4.69, 9.17) is 37.7 Å². The molecule has 1 unspecified atom stereocenters. The second-order valence-electron chi connectivity index (χ2n) is 11.1. The Labute approximate surface area is 228 Å². The largest absolute Gasteiger partial charge is 0.506 e. The second-order valence-corrected chi connectivity index (χ2v) is 16.2. The molecule has 1 aliphatic heterocycles. The summed E-state index contributed by atoms with van der Waals surface area (Å²) in [5.74, 6) is 2.51. The van der Waals surface area contributed by atoms with Crippen LogP contribution >= 0.6 is 11.6 Å². The molecule has 1 fully saturated rings. The summed E-state index contributed by atoms with van der Waals surface area (Å²) < 4.78 is 20.5. The number of hydrogen-bond donors (Lipinski definition) is 2. The van der Waals surface area contributed by atoms with Crippen molar-refractivity contribution in [3.8, 4) is 12.3 Å². The van der Waals surface area contributed by atoms with Crippen molar-refractivity contribution in [3.05, 3.63) is 53.4 Å². The molecule has 0 amide bonds. The number of carboxylic acid groups (broad SMARTS) is 1. The molecule has 11 heteroatoms. The lowest BCUT2D eigenvalue weighted by molar-refractivity contribution is -0.0896. The minimum Gasteiger partial charge on any atom is -0.450 e. The van der Waals surface area contributed by atoms with Crippen LogP contribution in [0, 0.1) is 18.3 Å². The van der Waals surface area contributed by atoms with Gasteiger partial charge in [0.2, 0.25) is 5.28 Å². The van der Waals surface area contributed by atoms with E-state index in [-0.39, 0.29) is 22.7 Å². The summed E-state index contributed by atoms with van der Waals surface area (Å²) in [6.45, 7) is 10.7. The van der Waals surface area contributed by atoms with Gasteiger partial charge in [-0.1, -0.05) is 57.0 Å². The van der Waals surface area contributed by atoms with Gasteiger partial charge in [0.05, 0.1) is 12.0 Å². The average molecular weight is 557 g/mol. The Balaban J connectivity index is 1.81. The van der Waals surface area contributed by atoms with Crippen molar-refractivity contribution in [1.82, 2.24) is 14.5 Å². The first kappa shape index (κ1) is 27.9.